The first-order valence-electron chi connectivity index (χ1n) is 7.49. The van der Waals surface area contributed by atoms with Gasteiger partial charge in [0.05, 0.1) is 16.3 Å². The molecule has 0 radical (unpaired) electrons. The molecule has 0 N–H and O–H groups in total. The second-order valence-corrected chi connectivity index (χ2v) is 6.68. The molecule has 7 heteroatoms. The first-order valence-corrected chi connectivity index (χ1v) is 8.30. The van der Waals surface area contributed by atoms with Gasteiger partial charge in [-0.2, -0.15) is 0 Å². The maximum atomic E-state index is 12.6. The van der Waals surface area contributed by atoms with E-state index < -0.39 is 0 Å². The van der Waals surface area contributed by atoms with Crippen molar-refractivity contribution in [2.24, 2.45) is 0 Å². The largest absolute Gasteiger partial charge is 0.335 e. The standard InChI is InChI=1S/C16H18N4O2S/c1-11-14(23-12(2)18-11)16(22)20-8-6-19(7-9-20)15(21)13-4-3-5-17-10-13/h3-5,10H,6-9H2,1-2H3. The van der Waals surface area contributed by atoms with Crippen molar-refractivity contribution in [1.82, 2.24) is 19.8 Å². The molecule has 23 heavy (non-hydrogen) atoms. The number of thiazole rings is 1. The van der Waals surface area contributed by atoms with Crippen molar-refractivity contribution < 1.29 is 9.59 Å². The van der Waals surface area contributed by atoms with Crippen LogP contribution in [0.3, 0.4) is 0 Å². The molecule has 0 aliphatic carbocycles. The van der Waals surface area contributed by atoms with Crippen molar-refractivity contribution in [3.05, 3.63) is 45.7 Å². The average Bonchev–Trinajstić information content (AvgIpc) is 2.93. The predicted molar refractivity (Wildman–Crippen MR) is 87.6 cm³/mol. The summed E-state index contributed by atoms with van der Waals surface area (Å²) in [5.74, 6) is -0.0170. The fraction of sp³-hybridized carbons (Fsp3) is 0.375. The van der Waals surface area contributed by atoms with Crippen LogP contribution in [-0.4, -0.2) is 57.8 Å². The minimum absolute atomic E-state index is 0.0153. The lowest BCUT2D eigenvalue weighted by Gasteiger charge is -2.34. The number of hydrogen-bond donors (Lipinski definition) is 0. The molecule has 6 nitrogen and oxygen atoms in total. The normalized spacial score (nSPS) is 14.9. The third-order valence-electron chi connectivity index (χ3n) is 3.86. The first-order chi connectivity index (χ1) is 11.1. The van der Waals surface area contributed by atoms with Crippen molar-refractivity contribution in [1.29, 1.82) is 0 Å². The Morgan fingerprint density at radius 2 is 1.74 bits per heavy atom. The van der Waals surface area contributed by atoms with Crippen LogP contribution < -0.4 is 0 Å². The van der Waals surface area contributed by atoms with Crippen molar-refractivity contribution >= 4 is 23.2 Å². The van der Waals surface area contributed by atoms with Gasteiger partial charge in [0.2, 0.25) is 0 Å². The monoisotopic (exact) mass is 330 g/mol. The van der Waals surface area contributed by atoms with Crippen molar-refractivity contribution in [2.75, 3.05) is 26.2 Å². The number of carbonyl (C=O) groups excluding carboxylic acids is 2. The molecule has 1 aliphatic rings. The molecular formula is C16H18N4O2S. The molecule has 0 atom stereocenters. The van der Waals surface area contributed by atoms with Gasteiger partial charge >= 0.3 is 0 Å². The minimum atomic E-state index is -0.0324. The lowest BCUT2D eigenvalue weighted by molar-refractivity contribution is 0.0537. The molecule has 2 amide bonds. The molecule has 1 aliphatic heterocycles. The number of amides is 2. The molecule has 2 aromatic heterocycles. The SMILES string of the molecule is Cc1nc(C)c(C(=O)N2CCN(C(=O)c3cccnc3)CC2)s1. The topological polar surface area (TPSA) is 66.4 Å². The van der Waals surface area contributed by atoms with Crippen molar-refractivity contribution in [3.63, 3.8) is 0 Å². The Morgan fingerprint density at radius 3 is 2.26 bits per heavy atom. The van der Waals surface area contributed by atoms with Crippen LogP contribution >= 0.6 is 11.3 Å². The van der Waals surface area contributed by atoms with E-state index in [1.807, 2.05) is 13.8 Å². The highest BCUT2D eigenvalue weighted by Crippen LogP contribution is 2.20. The summed E-state index contributed by atoms with van der Waals surface area (Å²) in [6.45, 7) is 5.92. The summed E-state index contributed by atoms with van der Waals surface area (Å²) in [4.78, 5) is 37.5. The van der Waals surface area contributed by atoms with Crippen LogP contribution in [0, 0.1) is 13.8 Å². The number of carbonyl (C=O) groups is 2. The smallest absolute Gasteiger partial charge is 0.265 e. The number of aryl methyl sites for hydroxylation is 2. The summed E-state index contributed by atoms with van der Waals surface area (Å²) >= 11 is 1.43. The van der Waals surface area contributed by atoms with E-state index in [0.717, 1.165) is 10.7 Å². The third kappa shape index (κ3) is 3.24. The van der Waals surface area contributed by atoms with Crippen LogP contribution in [0.25, 0.3) is 0 Å². The molecule has 0 unspecified atom stereocenters. The maximum Gasteiger partial charge on any atom is 0.265 e. The molecule has 0 saturated carbocycles. The Labute approximate surface area is 138 Å². The predicted octanol–water partition coefficient (Wildman–Crippen LogP) is 1.75. The highest BCUT2D eigenvalue weighted by molar-refractivity contribution is 7.13. The van der Waals surface area contributed by atoms with Gasteiger partial charge in [-0.3, -0.25) is 14.6 Å². The summed E-state index contributed by atoms with van der Waals surface area (Å²) in [7, 11) is 0. The molecule has 0 spiro atoms. The van der Waals surface area contributed by atoms with Crippen LogP contribution in [-0.2, 0) is 0 Å². The van der Waals surface area contributed by atoms with E-state index in [-0.39, 0.29) is 11.8 Å². The Bertz CT molecular complexity index is 721. The van der Waals surface area contributed by atoms with Gasteiger partial charge in [-0.05, 0) is 26.0 Å². The number of piperazine rings is 1. The molecule has 0 bridgehead atoms. The van der Waals surface area contributed by atoms with Gasteiger partial charge in [-0.1, -0.05) is 0 Å². The van der Waals surface area contributed by atoms with Crippen LogP contribution in [0.15, 0.2) is 24.5 Å². The average molecular weight is 330 g/mol. The van der Waals surface area contributed by atoms with Crippen molar-refractivity contribution in [3.8, 4) is 0 Å². The highest BCUT2D eigenvalue weighted by Gasteiger charge is 2.27. The number of hydrogen-bond acceptors (Lipinski definition) is 5. The van der Waals surface area contributed by atoms with E-state index in [9.17, 15) is 9.59 Å². The summed E-state index contributed by atoms with van der Waals surface area (Å²) < 4.78 is 0. The molecule has 3 heterocycles. The number of pyridine rings is 1. The molecule has 1 saturated heterocycles. The Kier molecular flexibility index (Phi) is 4.38. The zero-order chi connectivity index (χ0) is 16.4. The van der Waals surface area contributed by atoms with Gasteiger partial charge in [0.1, 0.15) is 4.88 Å². The van der Waals surface area contributed by atoms with E-state index in [4.69, 9.17) is 0 Å². The Hall–Kier alpha value is -2.28. The summed E-state index contributed by atoms with van der Waals surface area (Å²) in [6.07, 6.45) is 3.22. The minimum Gasteiger partial charge on any atom is -0.335 e. The second kappa shape index (κ2) is 6.45. The van der Waals surface area contributed by atoms with E-state index in [1.165, 1.54) is 11.3 Å². The van der Waals surface area contributed by atoms with Crippen molar-refractivity contribution in [2.45, 2.75) is 13.8 Å². The fourth-order valence-corrected chi connectivity index (χ4v) is 3.55. The van der Waals surface area contributed by atoms with Gasteiger partial charge in [0, 0.05) is 38.6 Å². The number of aromatic nitrogens is 2. The van der Waals surface area contributed by atoms with Gasteiger partial charge in [0.15, 0.2) is 0 Å². The van der Waals surface area contributed by atoms with E-state index in [1.54, 1.807) is 34.3 Å². The van der Waals surface area contributed by atoms with Crippen LogP contribution in [0.5, 0.6) is 0 Å². The molecule has 2 aromatic rings. The second-order valence-electron chi connectivity index (χ2n) is 5.47. The van der Waals surface area contributed by atoms with Gasteiger partial charge in [-0.15, -0.1) is 11.3 Å². The van der Waals surface area contributed by atoms with Crippen LogP contribution in [0.1, 0.15) is 30.7 Å². The van der Waals surface area contributed by atoms with Crippen LogP contribution in [0.2, 0.25) is 0 Å². The Balaban J connectivity index is 1.63. The van der Waals surface area contributed by atoms with E-state index in [0.29, 0.717) is 36.6 Å². The van der Waals surface area contributed by atoms with Gasteiger partial charge in [0.25, 0.3) is 11.8 Å². The quantitative estimate of drug-likeness (QED) is 0.841. The molecule has 0 aromatic carbocycles. The van der Waals surface area contributed by atoms with E-state index in [2.05, 4.69) is 9.97 Å². The van der Waals surface area contributed by atoms with Crippen LogP contribution in [0.4, 0.5) is 0 Å². The lowest BCUT2D eigenvalue weighted by Crippen LogP contribution is -2.50. The summed E-state index contributed by atoms with van der Waals surface area (Å²) in [6, 6.07) is 3.51. The fourth-order valence-electron chi connectivity index (χ4n) is 2.66. The first kappa shape index (κ1) is 15.6. The molecule has 1 fully saturated rings. The zero-order valence-electron chi connectivity index (χ0n) is 13.2. The summed E-state index contributed by atoms with van der Waals surface area (Å²) in [5.41, 5.74) is 1.37. The van der Waals surface area contributed by atoms with E-state index >= 15 is 0 Å². The number of rotatable bonds is 2. The molecule has 120 valence electrons. The third-order valence-corrected chi connectivity index (χ3v) is 4.92. The zero-order valence-corrected chi connectivity index (χ0v) is 14.0. The maximum absolute atomic E-state index is 12.6. The lowest BCUT2D eigenvalue weighted by atomic mass is 10.2. The highest BCUT2D eigenvalue weighted by atomic mass is 32.1. The van der Waals surface area contributed by atoms with Gasteiger partial charge < -0.3 is 9.80 Å². The summed E-state index contributed by atoms with van der Waals surface area (Å²) in [5, 5.41) is 0.899. The number of nitrogens with zero attached hydrogens (tertiary/aromatic N) is 4. The molecule has 3 rings (SSSR count). The molecular weight excluding hydrogens is 312 g/mol. The Morgan fingerprint density at radius 1 is 1.09 bits per heavy atom. The van der Waals surface area contributed by atoms with Gasteiger partial charge in [-0.25, -0.2) is 4.98 Å².